The van der Waals surface area contributed by atoms with E-state index in [2.05, 4.69) is 20.8 Å². The fourth-order valence-electron chi connectivity index (χ4n) is 2.11. The number of hydrogen-bond acceptors (Lipinski definition) is 6. The lowest BCUT2D eigenvalue weighted by Gasteiger charge is -2.07. The second kappa shape index (κ2) is 8.09. The first-order chi connectivity index (χ1) is 12.1. The number of thioether (sulfide) groups is 1. The van der Waals surface area contributed by atoms with Gasteiger partial charge in [0.1, 0.15) is 5.25 Å². The van der Waals surface area contributed by atoms with Crippen LogP contribution in [0, 0.1) is 6.92 Å². The summed E-state index contributed by atoms with van der Waals surface area (Å²) in [5, 5.41) is 15.2. The molecule has 6 nitrogen and oxygen atoms in total. The molecule has 0 bridgehead atoms. The zero-order chi connectivity index (χ0) is 17.6. The molecule has 8 heteroatoms. The first kappa shape index (κ1) is 17.4. The third-order valence-corrected chi connectivity index (χ3v) is 5.24. The Hall–Kier alpha value is -2.45. The number of amidine groups is 1. The molecule has 2 N–H and O–H groups in total. The number of nitrogens with zero attached hydrogens (tertiary/aromatic N) is 2. The average Bonchev–Trinajstić information content (AvgIpc) is 3.20. The maximum atomic E-state index is 12.1. The predicted molar refractivity (Wildman–Crippen MR) is 103 cm³/mol. The van der Waals surface area contributed by atoms with Gasteiger partial charge in [0.05, 0.1) is 6.21 Å². The molecule has 3 rings (SSSR count). The molecular formula is C17H16N4O2S2. The van der Waals surface area contributed by atoms with E-state index in [1.165, 1.54) is 11.8 Å². The Morgan fingerprint density at radius 3 is 2.84 bits per heavy atom. The number of hydrogen-bond donors (Lipinski definition) is 2. The van der Waals surface area contributed by atoms with Crippen LogP contribution in [0.15, 0.2) is 52.0 Å². The molecule has 1 saturated heterocycles. The molecule has 1 aliphatic rings. The van der Waals surface area contributed by atoms with Crippen LogP contribution in [-0.2, 0) is 9.59 Å². The van der Waals surface area contributed by atoms with Crippen LogP contribution in [-0.4, -0.2) is 28.4 Å². The molecule has 0 spiro atoms. The van der Waals surface area contributed by atoms with E-state index < -0.39 is 5.25 Å². The second-order valence-corrected chi connectivity index (χ2v) is 7.55. The Bertz CT molecular complexity index is 814. The molecule has 1 aromatic heterocycles. The Balaban J connectivity index is 1.53. The van der Waals surface area contributed by atoms with Crippen LogP contribution in [0.25, 0.3) is 0 Å². The standard InChI is InChI=1S/C17H16N4O2S2/c1-11-4-6-12(7-5-11)19-15(22)9-14-16(23)20-17(25-14)21-18-10-13-3-2-8-24-13/h2-8,10,14H,9H2,1H3,(H,19,22)(H,20,21,23)/b18-10-/t14-/m0/s1. The number of aryl methyl sites for hydroxylation is 1. The Morgan fingerprint density at radius 1 is 1.32 bits per heavy atom. The molecule has 0 unspecified atom stereocenters. The van der Waals surface area contributed by atoms with Gasteiger partial charge in [0.15, 0.2) is 5.17 Å². The summed E-state index contributed by atoms with van der Waals surface area (Å²) in [4.78, 5) is 25.0. The number of carbonyl (C=O) groups excluding carboxylic acids is 2. The van der Waals surface area contributed by atoms with E-state index in [-0.39, 0.29) is 18.2 Å². The highest BCUT2D eigenvalue weighted by Crippen LogP contribution is 2.23. The second-order valence-electron chi connectivity index (χ2n) is 5.38. The van der Waals surface area contributed by atoms with Crippen LogP contribution in [0.4, 0.5) is 5.69 Å². The number of thiophene rings is 1. The largest absolute Gasteiger partial charge is 0.326 e. The normalized spacial score (nSPS) is 18.7. The summed E-state index contributed by atoms with van der Waals surface area (Å²) in [6.45, 7) is 1.98. The summed E-state index contributed by atoms with van der Waals surface area (Å²) >= 11 is 2.77. The van der Waals surface area contributed by atoms with Crippen molar-refractivity contribution in [2.45, 2.75) is 18.6 Å². The van der Waals surface area contributed by atoms with Crippen LogP contribution < -0.4 is 10.6 Å². The summed E-state index contributed by atoms with van der Waals surface area (Å²) in [6, 6.07) is 11.4. The number of carbonyl (C=O) groups is 2. The third-order valence-electron chi connectivity index (χ3n) is 3.36. The van der Waals surface area contributed by atoms with Crippen molar-refractivity contribution in [2.24, 2.45) is 10.2 Å². The number of rotatable bonds is 5. The van der Waals surface area contributed by atoms with E-state index in [1.807, 2.05) is 48.7 Å². The smallest absolute Gasteiger partial charge is 0.240 e. The van der Waals surface area contributed by atoms with Crippen molar-refractivity contribution in [1.29, 1.82) is 0 Å². The van der Waals surface area contributed by atoms with Gasteiger partial charge >= 0.3 is 0 Å². The number of anilines is 1. The van der Waals surface area contributed by atoms with Crippen LogP contribution >= 0.6 is 23.1 Å². The van der Waals surface area contributed by atoms with Crippen LogP contribution in [0.3, 0.4) is 0 Å². The summed E-state index contributed by atoms with van der Waals surface area (Å²) in [5.41, 5.74) is 1.83. The molecule has 1 aliphatic heterocycles. The van der Waals surface area contributed by atoms with Gasteiger partial charge < -0.3 is 10.6 Å². The fraction of sp³-hybridized carbons (Fsp3) is 0.176. The van der Waals surface area contributed by atoms with E-state index >= 15 is 0 Å². The monoisotopic (exact) mass is 372 g/mol. The minimum atomic E-state index is -0.499. The lowest BCUT2D eigenvalue weighted by Crippen LogP contribution is -2.28. The molecule has 2 heterocycles. The zero-order valence-electron chi connectivity index (χ0n) is 13.4. The molecule has 1 atom stereocenters. The van der Waals surface area contributed by atoms with Crippen LogP contribution in [0.1, 0.15) is 16.9 Å². The summed E-state index contributed by atoms with van der Waals surface area (Å²) in [6.07, 6.45) is 1.71. The Morgan fingerprint density at radius 2 is 2.12 bits per heavy atom. The van der Waals surface area contributed by atoms with Crippen molar-refractivity contribution in [3.05, 3.63) is 52.2 Å². The van der Waals surface area contributed by atoms with E-state index in [1.54, 1.807) is 17.6 Å². The molecule has 2 aromatic rings. The third kappa shape index (κ3) is 5.01. The molecule has 1 aromatic carbocycles. The first-order valence-electron chi connectivity index (χ1n) is 7.59. The molecule has 2 amide bonds. The van der Waals surface area contributed by atoms with Gasteiger partial charge in [-0.2, -0.15) is 5.10 Å². The highest BCUT2D eigenvalue weighted by atomic mass is 32.2. The van der Waals surface area contributed by atoms with E-state index in [0.29, 0.717) is 10.9 Å². The van der Waals surface area contributed by atoms with Gasteiger partial charge in [-0.3, -0.25) is 9.59 Å². The van der Waals surface area contributed by atoms with Crippen molar-refractivity contribution in [1.82, 2.24) is 5.32 Å². The maximum Gasteiger partial charge on any atom is 0.240 e. The lowest BCUT2D eigenvalue weighted by atomic mass is 10.2. The molecule has 128 valence electrons. The average molecular weight is 372 g/mol. The van der Waals surface area contributed by atoms with Gasteiger partial charge in [-0.15, -0.1) is 16.4 Å². The fourth-order valence-corrected chi connectivity index (χ4v) is 3.61. The van der Waals surface area contributed by atoms with Crippen molar-refractivity contribution in [3.63, 3.8) is 0 Å². The summed E-state index contributed by atoms with van der Waals surface area (Å²) in [7, 11) is 0. The Kier molecular flexibility index (Phi) is 5.62. The topological polar surface area (TPSA) is 82.9 Å². The van der Waals surface area contributed by atoms with Crippen LogP contribution in [0.5, 0.6) is 0 Å². The van der Waals surface area contributed by atoms with E-state index in [9.17, 15) is 9.59 Å². The van der Waals surface area contributed by atoms with Crippen molar-refractivity contribution >= 4 is 52.0 Å². The van der Waals surface area contributed by atoms with Gasteiger partial charge in [-0.1, -0.05) is 35.5 Å². The first-order valence-corrected chi connectivity index (χ1v) is 9.34. The minimum Gasteiger partial charge on any atom is -0.326 e. The van der Waals surface area contributed by atoms with E-state index in [4.69, 9.17) is 0 Å². The van der Waals surface area contributed by atoms with Gasteiger partial charge in [0.25, 0.3) is 0 Å². The minimum absolute atomic E-state index is 0.0814. The van der Waals surface area contributed by atoms with Gasteiger partial charge in [-0.25, -0.2) is 0 Å². The SMILES string of the molecule is Cc1ccc(NC(=O)C[C@@H]2S/C(=N\N=C/c3cccs3)NC2=O)cc1. The molecule has 25 heavy (non-hydrogen) atoms. The highest BCUT2D eigenvalue weighted by molar-refractivity contribution is 8.15. The van der Waals surface area contributed by atoms with Crippen molar-refractivity contribution < 1.29 is 9.59 Å². The van der Waals surface area contributed by atoms with Crippen LogP contribution in [0.2, 0.25) is 0 Å². The van der Waals surface area contributed by atoms with Gasteiger partial charge in [0.2, 0.25) is 11.8 Å². The van der Waals surface area contributed by atoms with Gasteiger partial charge in [0, 0.05) is 17.0 Å². The Labute approximate surface area is 153 Å². The number of benzene rings is 1. The van der Waals surface area contributed by atoms with Gasteiger partial charge in [-0.05, 0) is 30.5 Å². The molecule has 0 radical (unpaired) electrons. The zero-order valence-corrected chi connectivity index (χ0v) is 15.1. The molecule has 0 saturated carbocycles. The molecule has 1 fully saturated rings. The summed E-state index contributed by atoms with van der Waals surface area (Å²) < 4.78 is 0. The highest BCUT2D eigenvalue weighted by Gasteiger charge is 2.32. The molecule has 0 aliphatic carbocycles. The number of amides is 2. The predicted octanol–water partition coefficient (Wildman–Crippen LogP) is 3.01. The number of nitrogens with one attached hydrogen (secondary N) is 2. The lowest BCUT2D eigenvalue weighted by molar-refractivity contribution is -0.122. The molecular weight excluding hydrogens is 356 g/mol. The van der Waals surface area contributed by atoms with E-state index in [0.717, 1.165) is 10.4 Å². The summed E-state index contributed by atoms with van der Waals surface area (Å²) in [5.74, 6) is -0.436. The maximum absolute atomic E-state index is 12.1. The van der Waals surface area contributed by atoms with Crippen molar-refractivity contribution in [2.75, 3.05) is 5.32 Å². The van der Waals surface area contributed by atoms with Crippen molar-refractivity contribution in [3.8, 4) is 0 Å². The quantitative estimate of drug-likeness (QED) is 0.625.